The zero-order valence-electron chi connectivity index (χ0n) is 19.4. The fourth-order valence-electron chi connectivity index (χ4n) is 4.42. The molecule has 2 aliphatic rings. The van der Waals surface area contributed by atoms with Crippen molar-refractivity contribution in [2.75, 3.05) is 6.54 Å². The number of rotatable bonds is 7. The SMILES string of the molecule is CC(C)c1ccc([C@@H](NC(=O)[C@@H]2C[C@@H](F)CN2C(=O)CC2=CNNN2)c2cccc(F)c2)cc1F. The smallest absolute Gasteiger partial charge is 0.243 e. The second-order valence-corrected chi connectivity index (χ2v) is 9.07. The number of likely N-dealkylation sites (tertiary alicyclic amines) is 1. The van der Waals surface area contributed by atoms with Gasteiger partial charge in [0.25, 0.3) is 0 Å². The van der Waals surface area contributed by atoms with Crippen LogP contribution >= 0.6 is 0 Å². The summed E-state index contributed by atoms with van der Waals surface area (Å²) in [4.78, 5) is 27.4. The van der Waals surface area contributed by atoms with Crippen molar-refractivity contribution in [1.29, 1.82) is 0 Å². The lowest BCUT2D eigenvalue weighted by atomic mass is 9.94. The third-order valence-electron chi connectivity index (χ3n) is 6.20. The van der Waals surface area contributed by atoms with Crippen LogP contribution in [-0.4, -0.2) is 35.5 Å². The minimum Gasteiger partial charge on any atom is -0.343 e. The van der Waals surface area contributed by atoms with Crippen molar-refractivity contribution >= 4 is 11.8 Å². The summed E-state index contributed by atoms with van der Waals surface area (Å²) < 4.78 is 43.2. The Labute approximate surface area is 201 Å². The van der Waals surface area contributed by atoms with Crippen LogP contribution < -0.4 is 21.7 Å². The average Bonchev–Trinajstić information content (AvgIpc) is 3.46. The van der Waals surface area contributed by atoms with Crippen molar-refractivity contribution in [2.24, 2.45) is 0 Å². The normalized spacial score (nSPS) is 20.3. The summed E-state index contributed by atoms with van der Waals surface area (Å²) in [6, 6.07) is 8.35. The molecule has 10 heteroatoms. The van der Waals surface area contributed by atoms with Crippen LogP contribution in [0.2, 0.25) is 0 Å². The van der Waals surface area contributed by atoms with Crippen LogP contribution in [0.25, 0.3) is 0 Å². The molecular formula is C25H28F3N5O2. The summed E-state index contributed by atoms with van der Waals surface area (Å²) in [6.45, 7) is 3.53. The van der Waals surface area contributed by atoms with Crippen molar-refractivity contribution in [3.8, 4) is 0 Å². The van der Waals surface area contributed by atoms with Gasteiger partial charge in [0.05, 0.1) is 24.7 Å². The molecule has 2 heterocycles. The molecule has 0 unspecified atom stereocenters. The lowest BCUT2D eigenvalue weighted by Gasteiger charge is -2.27. The van der Waals surface area contributed by atoms with E-state index in [-0.39, 0.29) is 25.3 Å². The molecule has 3 atom stereocenters. The lowest BCUT2D eigenvalue weighted by molar-refractivity contribution is -0.138. The molecule has 2 amide bonds. The van der Waals surface area contributed by atoms with Gasteiger partial charge < -0.3 is 21.1 Å². The van der Waals surface area contributed by atoms with E-state index in [1.807, 2.05) is 13.8 Å². The highest BCUT2D eigenvalue weighted by Gasteiger charge is 2.40. The van der Waals surface area contributed by atoms with Gasteiger partial charge in [-0.3, -0.25) is 9.59 Å². The minimum absolute atomic E-state index is 0.0410. The van der Waals surface area contributed by atoms with Gasteiger partial charge >= 0.3 is 0 Å². The number of carbonyl (C=O) groups is 2. The molecule has 186 valence electrons. The van der Waals surface area contributed by atoms with E-state index in [1.165, 1.54) is 29.2 Å². The van der Waals surface area contributed by atoms with Gasteiger partial charge in [-0.05, 0) is 40.8 Å². The van der Waals surface area contributed by atoms with E-state index in [0.717, 1.165) is 0 Å². The Bertz CT molecular complexity index is 1140. The summed E-state index contributed by atoms with van der Waals surface area (Å²) in [5.41, 5.74) is 9.94. The molecular weight excluding hydrogens is 459 g/mol. The van der Waals surface area contributed by atoms with Crippen LogP contribution in [0, 0.1) is 11.6 Å². The zero-order chi connectivity index (χ0) is 25.1. The Morgan fingerprint density at radius 3 is 2.57 bits per heavy atom. The van der Waals surface area contributed by atoms with Gasteiger partial charge in [0, 0.05) is 12.6 Å². The highest BCUT2D eigenvalue weighted by molar-refractivity contribution is 5.89. The fourth-order valence-corrected chi connectivity index (χ4v) is 4.42. The van der Waals surface area contributed by atoms with Crippen LogP contribution in [0.1, 0.15) is 55.3 Å². The summed E-state index contributed by atoms with van der Waals surface area (Å²) >= 11 is 0. The van der Waals surface area contributed by atoms with Crippen molar-refractivity contribution in [3.63, 3.8) is 0 Å². The van der Waals surface area contributed by atoms with Crippen molar-refractivity contribution in [2.45, 2.75) is 50.9 Å². The van der Waals surface area contributed by atoms with E-state index in [2.05, 4.69) is 21.7 Å². The number of hydrazine groups is 2. The summed E-state index contributed by atoms with van der Waals surface area (Å²) in [6.07, 6.45) is 0.000489. The number of alkyl halides is 1. The maximum Gasteiger partial charge on any atom is 0.243 e. The van der Waals surface area contributed by atoms with Gasteiger partial charge in [-0.2, -0.15) is 5.53 Å². The maximum atomic E-state index is 14.8. The predicted molar refractivity (Wildman–Crippen MR) is 124 cm³/mol. The van der Waals surface area contributed by atoms with Crippen molar-refractivity contribution < 1.29 is 22.8 Å². The van der Waals surface area contributed by atoms with Crippen LogP contribution in [0.4, 0.5) is 13.2 Å². The first-order valence-electron chi connectivity index (χ1n) is 11.5. The summed E-state index contributed by atoms with van der Waals surface area (Å²) in [7, 11) is 0. The van der Waals surface area contributed by atoms with Crippen molar-refractivity contribution in [1.82, 2.24) is 26.6 Å². The van der Waals surface area contributed by atoms with Crippen LogP contribution in [0.3, 0.4) is 0 Å². The van der Waals surface area contributed by atoms with Crippen molar-refractivity contribution in [3.05, 3.63) is 82.7 Å². The first-order valence-corrected chi connectivity index (χ1v) is 11.5. The third-order valence-corrected chi connectivity index (χ3v) is 6.20. The number of carbonyl (C=O) groups excluding carboxylic acids is 2. The largest absolute Gasteiger partial charge is 0.343 e. The highest BCUT2D eigenvalue weighted by atomic mass is 19.1. The van der Waals surface area contributed by atoms with Gasteiger partial charge in [0.2, 0.25) is 11.8 Å². The molecule has 4 rings (SSSR count). The van der Waals surface area contributed by atoms with Gasteiger partial charge in [-0.15, -0.1) is 0 Å². The Kier molecular flexibility index (Phi) is 7.30. The molecule has 1 saturated heterocycles. The molecule has 0 aromatic heterocycles. The highest BCUT2D eigenvalue weighted by Crippen LogP contribution is 2.29. The number of nitrogens with one attached hydrogen (secondary N) is 4. The topological polar surface area (TPSA) is 85.5 Å². The fraction of sp³-hybridized carbons (Fsp3) is 0.360. The molecule has 35 heavy (non-hydrogen) atoms. The molecule has 0 radical (unpaired) electrons. The minimum atomic E-state index is -1.35. The van der Waals surface area contributed by atoms with Gasteiger partial charge in [0.1, 0.15) is 23.8 Å². The number of amides is 2. The van der Waals surface area contributed by atoms with E-state index < -0.39 is 41.7 Å². The number of nitrogens with zero attached hydrogens (tertiary/aromatic N) is 1. The second kappa shape index (κ2) is 10.4. The summed E-state index contributed by atoms with van der Waals surface area (Å²) in [5, 5.41) is 2.81. The quantitative estimate of drug-likeness (QED) is 0.483. The number of hydrogen-bond acceptors (Lipinski definition) is 5. The van der Waals surface area contributed by atoms with E-state index in [0.29, 0.717) is 22.4 Å². The van der Waals surface area contributed by atoms with Crippen LogP contribution in [0.5, 0.6) is 0 Å². The van der Waals surface area contributed by atoms with Crippen LogP contribution in [-0.2, 0) is 9.59 Å². The molecule has 2 aromatic carbocycles. The monoisotopic (exact) mass is 487 g/mol. The second-order valence-electron chi connectivity index (χ2n) is 9.07. The molecule has 0 aliphatic carbocycles. The molecule has 0 spiro atoms. The summed E-state index contributed by atoms with van der Waals surface area (Å²) in [5.74, 6) is -1.99. The molecule has 2 aromatic rings. The van der Waals surface area contributed by atoms with Gasteiger partial charge in [0.15, 0.2) is 0 Å². The number of hydrogen-bond donors (Lipinski definition) is 4. The third kappa shape index (κ3) is 5.59. The Morgan fingerprint density at radius 1 is 1.14 bits per heavy atom. The molecule has 7 nitrogen and oxygen atoms in total. The zero-order valence-corrected chi connectivity index (χ0v) is 19.4. The lowest BCUT2D eigenvalue weighted by Crippen LogP contribution is -2.47. The Hall–Kier alpha value is -3.53. The van der Waals surface area contributed by atoms with Gasteiger partial charge in [-0.1, -0.05) is 38.1 Å². The molecule has 0 saturated carbocycles. The maximum absolute atomic E-state index is 14.8. The first kappa shape index (κ1) is 24.6. The van der Waals surface area contributed by atoms with E-state index in [4.69, 9.17) is 0 Å². The Morgan fingerprint density at radius 2 is 1.91 bits per heavy atom. The Balaban J connectivity index is 1.60. The van der Waals surface area contributed by atoms with Crippen LogP contribution in [0.15, 0.2) is 54.4 Å². The molecule has 4 N–H and O–H groups in total. The number of benzene rings is 2. The molecule has 0 bridgehead atoms. The van der Waals surface area contributed by atoms with E-state index >= 15 is 0 Å². The predicted octanol–water partition coefficient (Wildman–Crippen LogP) is 3.08. The number of halogens is 3. The standard InChI is InChI=1S/C25H28F3N5O2/c1-14(2)20-7-6-16(9-21(20)28)24(15-4-3-5-17(26)8-15)30-25(35)22-10-18(27)13-33(22)23(34)11-19-12-29-32-31-19/h3-9,12,14,18,22,24,29,31-32H,10-11,13H2,1-2H3,(H,30,35)/t18-,22+,24+/m1/s1. The molecule has 1 fully saturated rings. The van der Waals surface area contributed by atoms with E-state index in [9.17, 15) is 22.8 Å². The average molecular weight is 488 g/mol. The van der Waals surface area contributed by atoms with E-state index in [1.54, 1.807) is 24.4 Å². The van der Waals surface area contributed by atoms with Gasteiger partial charge in [-0.25, -0.2) is 13.2 Å². The first-order chi connectivity index (χ1) is 16.7. The molecule has 2 aliphatic heterocycles.